The van der Waals surface area contributed by atoms with E-state index in [2.05, 4.69) is 10.6 Å². The Morgan fingerprint density at radius 3 is 2.85 bits per heavy atom. The van der Waals surface area contributed by atoms with Crippen LogP contribution in [0.5, 0.6) is 0 Å². The second-order valence-electron chi connectivity index (χ2n) is 6.50. The average molecular weight is 369 g/mol. The highest BCUT2D eigenvalue weighted by molar-refractivity contribution is 5.88. The number of carbonyl (C=O) groups is 2. The average Bonchev–Trinajstić information content (AvgIpc) is 2.58. The van der Waals surface area contributed by atoms with Gasteiger partial charge in [-0.15, -0.1) is 0 Å². The van der Waals surface area contributed by atoms with Crippen LogP contribution in [0.3, 0.4) is 0 Å². The van der Waals surface area contributed by atoms with Crippen molar-refractivity contribution in [3.05, 3.63) is 35.4 Å². The minimum absolute atomic E-state index is 0.00279. The van der Waals surface area contributed by atoms with E-state index in [0.717, 1.165) is 12.1 Å². The van der Waals surface area contributed by atoms with Crippen LogP contribution in [-0.2, 0) is 20.9 Å². The molecule has 1 aromatic carbocycles. The van der Waals surface area contributed by atoms with E-state index in [1.807, 2.05) is 13.8 Å². The molecule has 26 heavy (non-hydrogen) atoms. The first-order chi connectivity index (χ1) is 12.4. The molecule has 0 aromatic heterocycles. The Labute approximate surface area is 151 Å². The first-order valence-corrected chi connectivity index (χ1v) is 8.71. The number of benzene rings is 1. The van der Waals surface area contributed by atoms with Crippen LogP contribution in [0.4, 0.5) is 8.78 Å². The zero-order valence-corrected chi connectivity index (χ0v) is 15.1. The largest absolute Gasteiger partial charge is 0.377 e. The number of nitrogens with one attached hydrogen (secondary N) is 2. The van der Waals surface area contributed by atoms with Crippen molar-refractivity contribution in [1.82, 2.24) is 15.5 Å². The van der Waals surface area contributed by atoms with E-state index in [0.29, 0.717) is 31.8 Å². The van der Waals surface area contributed by atoms with Crippen LogP contribution >= 0.6 is 0 Å². The molecule has 1 aliphatic rings. The Bertz CT molecular complexity index is 640. The molecule has 0 bridgehead atoms. The van der Waals surface area contributed by atoms with Crippen molar-refractivity contribution < 1.29 is 23.1 Å². The van der Waals surface area contributed by atoms with Crippen molar-refractivity contribution in [3.8, 4) is 0 Å². The van der Waals surface area contributed by atoms with E-state index in [4.69, 9.17) is 4.74 Å². The Morgan fingerprint density at radius 2 is 2.15 bits per heavy atom. The second kappa shape index (κ2) is 9.59. The lowest BCUT2D eigenvalue weighted by Crippen LogP contribution is -2.56. The van der Waals surface area contributed by atoms with Gasteiger partial charge >= 0.3 is 0 Å². The van der Waals surface area contributed by atoms with E-state index in [-0.39, 0.29) is 30.9 Å². The number of amides is 2. The highest BCUT2D eigenvalue weighted by Crippen LogP contribution is 2.16. The fourth-order valence-corrected chi connectivity index (χ4v) is 2.78. The van der Waals surface area contributed by atoms with Gasteiger partial charge < -0.3 is 15.4 Å². The zero-order chi connectivity index (χ0) is 19.1. The van der Waals surface area contributed by atoms with Crippen molar-refractivity contribution >= 4 is 11.8 Å². The molecule has 1 heterocycles. The van der Waals surface area contributed by atoms with E-state index >= 15 is 0 Å². The van der Waals surface area contributed by atoms with E-state index < -0.39 is 17.7 Å². The lowest BCUT2D eigenvalue weighted by Gasteiger charge is -2.34. The molecule has 0 saturated carbocycles. The molecule has 0 spiro atoms. The van der Waals surface area contributed by atoms with Crippen LogP contribution < -0.4 is 10.6 Å². The Kier molecular flexibility index (Phi) is 7.47. The van der Waals surface area contributed by atoms with Gasteiger partial charge in [0.25, 0.3) is 0 Å². The molecule has 6 nitrogen and oxygen atoms in total. The summed E-state index contributed by atoms with van der Waals surface area (Å²) in [5.41, 5.74) is 0.550. The van der Waals surface area contributed by atoms with Gasteiger partial charge in [-0.3, -0.25) is 14.5 Å². The predicted octanol–water partition coefficient (Wildman–Crippen LogP) is 1.20. The molecule has 0 radical (unpaired) electrons. The fourth-order valence-electron chi connectivity index (χ4n) is 2.78. The van der Waals surface area contributed by atoms with Gasteiger partial charge in [0.2, 0.25) is 11.8 Å². The summed E-state index contributed by atoms with van der Waals surface area (Å²) in [6.45, 7) is 5.82. The van der Waals surface area contributed by atoms with Crippen LogP contribution in [0.1, 0.15) is 25.8 Å². The standard InChI is InChI=1S/C18H25F2N3O3/c1-12(2)26-8-6-21-17(24)10-16-18(25)22-5-7-23(16)11-13-3-4-14(19)15(20)9-13/h3-4,9,12,16H,5-8,10-11H2,1-2H3,(H,21,24)(H,22,25). The lowest BCUT2D eigenvalue weighted by atomic mass is 10.1. The molecule has 2 amide bonds. The maximum atomic E-state index is 13.4. The van der Waals surface area contributed by atoms with Gasteiger partial charge in [0, 0.05) is 26.2 Å². The van der Waals surface area contributed by atoms with Crippen molar-refractivity contribution in [2.45, 2.75) is 39.0 Å². The summed E-state index contributed by atoms with van der Waals surface area (Å²) in [5.74, 6) is -2.34. The number of ether oxygens (including phenoxy) is 1. The highest BCUT2D eigenvalue weighted by Gasteiger charge is 2.31. The quantitative estimate of drug-likeness (QED) is 0.676. The molecule has 1 fully saturated rings. The number of piperazine rings is 1. The van der Waals surface area contributed by atoms with Gasteiger partial charge in [-0.1, -0.05) is 6.07 Å². The third-order valence-corrected chi connectivity index (χ3v) is 4.07. The summed E-state index contributed by atoms with van der Waals surface area (Å²) < 4.78 is 31.8. The molecule has 2 rings (SSSR count). The van der Waals surface area contributed by atoms with Gasteiger partial charge in [-0.05, 0) is 31.5 Å². The van der Waals surface area contributed by atoms with Gasteiger partial charge in [-0.25, -0.2) is 8.78 Å². The van der Waals surface area contributed by atoms with E-state index in [1.54, 1.807) is 4.90 Å². The van der Waals surface area contributed by atoms with Crippen molar-refractivity contribution in [2.24, 2.45) is 0 Å². The molecule has 1 atom stereocenters. The van der Waals surface area contributed by atoms with Gasteiger partial charge in [0.1, 0.15) is 0 Å². The molecule has 1 saturated heterocycles. The fraction of sp³-hybridized carbons (Fsp3) is 0.556. The van der Waals surface area contributed by atoms with Crippen LogP contribution in [0.25, 0.3) is 0 Å². The Morgan fingerprint density at radius 1 is 1.38 bits per heavy atom. The monoisotopic (exact) mass is 369 g/mol. The number of halogens is 2. The smallest absolute Gasteiger partial charge is 0.237 e. The predicted molar refractivity (Wildman–Crippen MR) is 92.3 cm³/mol. The van der Waals surface area contributed by atoms with Gasteiger partial charge in [0.05, 0.1) is 25.2 Å². The van der Waals surface area contributed by atoms with Crippen molar-refractivity contribution in [1.29, 1.82) is 0 Å². The Hall–Kier alpha value is -2.06. The van der Waals surface area contributed by atoms with Crippen LogP contribution in [0.15, 0.2) is 18.2 Å². The van der Waals surface area contributed by atoms with E-state index in [1.165, 1.54) is 6.07 Å². The normalized spacial score (nSPS) is 18.0. The minimum Gasteiger partial charge on any atom is -0.377 e. The summed E-state index contributed by atoms with van der Waals surface area (Å²) in [7, 11) is 0. The summed E-state index contributed by atoms with van der Waals surface area (Å²) in [6.07, 6.45) is 0.0830. The first-order valence-electron chi connectivity index (χ1n) is 8.71. The number of rotatable bonds is 8. The van der Waals surface area contributed by atoms with Crippen molar-refractivity contribution in [3.63, 3.8) is 0 Å². The number of hydrogen-bond donors (Lipinski definition) is 2. The maximum Gasteiger partial charge on any atom is 0.237 e. The third-order valence-electron chi connectivity index (χ3n) is 4.07. The molecular weight excluding hydrogens is 344 g/mol. The summed E-state index contributed by atoms with van der Waals surface area (Å²) in [6, 6.07) is 3.00. The van der Waals surface area contributed by atoms with Crippen LogP contribution in [-0.4, -0.2) is 55.1 Å². The highest BCUT2D eigenvalue weighted by atomic mass is 19.2. The summed E-state index contributed by atoms with van der Waals surface area (Å²) in [5, 5.41) is 5.46. The zero-order valence-electron chi connectivity index (χ0n) is 15.1. The van der Waals surface area contributed by atoms with E-state index in [9.17, 15) is 18.4 Å². The molecule has 0 aliphatic carbocycles. The Balaban J connectivity index is 1.93. The molecule has 2 N–H and O–H groups in total. The molecular formula is C18H25F2N3O3. The number of nitrogens with zero attached hydrogens (tertiary/aromatic N) is 1. The lowest BCUT2D eigenvalue weighted by molar-refractivity contribution is -0.134. The second-order valence-corrected chi connectivity index (χ2v) is 6.50. The SMILES string of the molecule is CC(C)OCCNC(=O)CC1C(=O)NCCN1Cc1ccc(F)c(F)c1. The molecule has 144 valence electrons. The van der Waals surface area contributed by atoms with Crippen LogP contribution in [0, 0.1) is 11.6 Å². The van der Waals surface area contributed by atoms with Crippen LogP contribution in [0.2, 0.25) is 0 Å². The molecule has 1 aromatic rings. The summed E-state index contributed by atoms with van der Waals surface area (Å²) >= 11 is 0. The third kappa shape index (κ3) is 6.03. The van der Waals surface area contributed by atoms with Gasteiger partial charge in [0.15, 0.2) is 11.6 Å². The maximum absolute atomic E-state index is 13.4. The minimum atomic E-state index is -0.927. The molecule has 1 unspecified atom stereocenters. The van der Waals surface area contributed by atoms with Gasteiger partial charge in [-0.2, -0.15) is 0 Å². The molecule has 8 heteroatoms. The molecule has 1 aliphatic heterocycles. The number of hydrogen-bond acceptors (Lipinski definition) is 4. The van der Waals surface area contributed by atoms with Crippen molar-refractivity contribution in [2.75, 3.05) is 26.2 Å². The first kappa shape index (κ1) is 20.3. The topological polar surface area (TPSA) is 70.7 Å². The number of carbonyl (C=O) groups excluding carboxylic acids is 2. The summed E-state index contributed by atoms with van der Waals surface area (Å²) in [4.78, 5) is 26.1.